The molecule has 2 N–H and O–H groups in total. The number of aromatic nitrogens is 3. The predicted molar refractivity (Wildman–Crippen MR) is 95.0 cm³/mol. The van der Waals surface area contributed by atoms with E-state index in [9.17, 15) is 13.2 Å². The zero-order valence-corrected chi connectivity index (χ0v) is 16.0. The number of aryl methyl sites for hydroxylation is 3. The van der Waals surface area contributed by atoms with Crippen molar-refractivity contribution in [1.82, 2.24) is 19.5 Å². The standard InChI is InChI=1S/C15H21N5O3S2/c1-9-8-24-15(16-9)17-14(21)12-5-4-6-20(7-12)25(22,23)13-10(2)18-19-11(13)3/h8,12H,4-7H2,1-3H3,(H,18,19)(H,16,17,21). The van der Waals surface area contributed by atoms with Crippen molar-refractivity contribution < 1.29 is 13.2 Å². The number of hydrogen-bond donors (Lipinski definition) is 2. The van der Waals surface area contributed by atoms with E-state index in [-0.39, 0.29) is 23.3 Å². The van der Waals surface area contributed by atoms with Crippen molar-refractivity contribution in [2.24, 2.45) is 5.92 Å². The molecule has 0 radical (unpaired) electrons. The Morgan fingerprint density at radius 1 is 1.40 bits per heavy atom. The summed E-state index contributed by atoms with van der Waals surface area (Å²) in [5.41, 5.74) is 1.81. The lowest BCUT2D eigenvalue weighted by Gasteiger charge is -2.31. The topological polar surface area (TPSA) is 108 Å². The SMILES string of the molecule is Cc1csc(NC(=O)C2CCCN(S(=O)(=O)c3c(C)n[nH]c3C)C2)n1. The molecule has 0 aromatic carbocycles. The average molecular weight is 383 g/mol. The molecule has 2 aromatic heterocycles. The van der Waals surface area contributed by atoms with Crippen molar-refractivity contribution in [2.75, 3.05) is 18.4 Å². The quantitative estimate of drug-likeness (QED) is 0.837. The highest BCUT2D eigenvalue weighted by atomic mass is 32.2. The number of piperidine rings is 1. The van der Waals surface area contributed by atoms with Crippen molar-refractivity contribution in [3.8, 4) is 0 Å². The maximum absolute atomic E-state index is 12.9. The first-order chi connectivity index (χ1) is 11.8. The number of nitrogens with one attached hydrogen (secondary N) is 2. The Kier molecular flexibility index (Phi) is 4.94. The fourth-order valence-corrected chi connectivity index (χ4v) is 5.59. The second-order valence-electron chi connectivity index (χ2n) is 6.25. The van der Waals surface area contributed by atoms with Gasteiger partial charge in [0.15, 0.2) is 5.13 Å². The molecule has 0 bridgehead atoms. The molecule has 0 aliphatic carbocycles. The van der Waals surface area contributed by atoms with E-state index in [0.717, 1.165) is 5.69 Å². The highest BCUT2D eigenvalue weighted by molar-refractivity contribution is 7.89. The third kappa shape index (κ3) is 3.60. The summed E-state index contributed by atoms with van der Waals surface area (Å²) in [6.07, 6.45) is 1.30. The van der Waals surface area contributed by atoms with Crippen molar-refractivity contribution in [3.63, 3.8) is 0 Å². The monoisotopic (exact) mass is 383 g/mol. The molecule has 1 aliphatic heterocycles. The van der Waals surface area contributed by atoms with Crippen LogP contribution in [0.2, 0.25) is 0 Å². The number of thiazole rings is 1. The minimum Gasteiger partial charge on any atom is -0.302 e. The zero-order valence-electron chi connectivity index (χ0n) is 14.4. The molecule has 3 heterocycles. The van der Waals surface area contributed by atoms with Crippen LogP contribution < -0.4 is 5.32 Å². The number of H-pyrrole nitrogens is 1. The Morgan fingerprint density at radius 3 is 2.76 bits per heavy atom. The van der Waals surface area contributed by atoms with Gasteiger partial charge in [-0.15, -0.1) is 11.3 Å². The van der Waals surface area contributed by atoms with Crippen LogP contribution in [-0.4, -0.2) is 46.9 Å². The fraction of sp³-hybridized carbons (Fsp3) is 0.533. The van der Waals surface area contributed by atoms with Crippen molar-refractivity contribution in [3.05, 3.63) is 22.5 Å². The number of sulfonamides is 1. The second-order valence-corrected chi connectivity index (χ2v) is 8.98. The molecule has 10 heteroatoms. The van der Waals surface area contributed by atoms with Crippen molar-refractivity contribution >= 4 is 32.4 Å². The van der Waals surface area contributed by atoms with E-state index in [1.165, 1.54) is 15.6 Å². The van der Waals surface area contributed by atoms with Crippen molar-refractivity contribution in [1.29, 1.82) is 0 Å². The Labute approximate surface area is 150 Å². The second kappa shape index (κ2) is 6.85. The molecule has 0 saturated carbocycles. The first kappa shape index (κ1) is 18.0. The van der Waals surface area contributed by atoms with Gasteiger partial charge in [0, 0.05) is 18.5 Å². The molecule has 8 nitrogen and oxygen atoms in total. The molecule has 136 valence electrons. The number of hydrogen-bond acceptors (Lipinski definition) is 6. The Balaban J connectivity index is 1.75. The molecule has 1 aliphatic rings. The van der Waals surface area contributed by atoms with E-state index in [1.54, 1.807) is 13.8 Å². The van der Waals surface area contributed by atoms with Gasteiger partial charge in [-0.2, -0.15) is 9.40 Å². The molecule has 2 aromatic rings. The van der Waals surface area contributed by atoms with E-state index in [0.29, 0.717) is 35.9 Å². The van der Waals surface area contributed by atoms with Gasteiger partial charge in [-0.1, -0.05) is 0 Å². The van der Waals surface area contributed by atoms with Gasteiger partial charge in [0.2, 0.25) is 15.9 Å². The van der Waals surface area contributed by atoms with Gasteiger partial charge < -0.3 is 5.32 Å². The molecule has 0 spiro atoms. The molecule has 1 saturated heterocycles. The van der Waals surface area contributed by atoms with Crippen LogP contribution in [-0.2, 0) is 14.8 Å². The maximum atomic E-state index is 12.9. The van der Waals surface area contributed by atoms with Gasteiger partial charge in [0.1, 0.15) is 4.90 Å². The lowest BCUT2D eigenvalue weighted by Crippen LogP contribution is -2.43. The normalized spacial score (nSPS) is 19.1. The summed E-state index contributed by atoms with van der Waals surface area (Å²) in [6.45, 7) is 5.78. The fourth-order valence-electron chi connectivity index (χ4n) is 3.04. The highest BCUT2D eigenvalue weighted by Gasteiger charge is 2.35. The molecular formula is C15H21N5O3S2. The lowest BCUT2D eigenvalue weighted by atomic mass is 9.99. The lowest BCUT2D eigenvalue weighted by molar-refractivity contribution is -0.120. The van der Waals surface area contributed by atoms with E-state index in [2.05, 4.69) is 20.5 Å². The summed E-state index contributed by atoms with van der Waals surface area (Å²) in [5, 5.41) is 11.9. The maximum Gasteiger partial charge on any atom is 0.246 e. The Hall–Kier alpha value is -1.78. The van der Waals surface area contributed by atoms with Crippen LogP contribution in [0.1, 0.15) is 29.9 Å². The molecule has 3 rings (SSSR count). The van der Waals surface area contributed by atoms with Crippen LogP contribution in [0.5, 0.6) is 0 Å². The highest BCUT2D eigenvalue weighted by Crippen LogP contribution is 2.27. The summed E-state index contributed by atoms with van der Waals surface area (Å²) in [6, 6.07) is 0. The van der Waals surface area contributed by atoms with E-state index in [4.69, 9.17) is 0 Å². The molecule has 1 amide bonds. The number of rotatable bonds is 4. The summed E-state index contributed by atoms with van der Waals surface area (Å²) in [4.78, 5) is 16.9. The van der Waals surface area contributed by atoms with E-state index in [1.807, 2.05) is 12.3 Å². The molecule has 1 unspecified atom stereocenters. The number of aromatic amines is 1. The van der Waals surface area contributed by atoms with Crippen LogP contribution in [0.15, 0.2) is 10.3 Å². The number of amides is 1. The summed E-state index contributed by atoms with van der Waals surface area (Å²) >= 11 is 1.36. The van der Waals surface area contributed by atoms with Crippen LogP contribution in [0.3, 0.4) is 0 Å². The smallest absolute Gasteiger partial charge is 0.246 e. The molecule has 1 atom stereocenters. The van der Waals surface area contributed by atoms with Gasteiger partial charge >= 0.3 is 0 Å². The van der Waals surface area contributed by atoms with Crippen LogP contribution >= 0.6 is 11.3 Å². The van der Waals surface area contributed by atoms with Gasteiger partial charge in [-0.3, -0.25) is 9.89 Å². The Bertz CT molecular complexity index is 867. The Morgan fingerprint density at radius 2 is 2.16 bits per heavy atom. The largest absolute Gasteiger partial charge is 0.302 e. The molecule has 25 heavy (non-hydrogen) atoms. The summed E-state index contributed by atoms with van der Waals surface area (Å²) < 4.78 is 27.3. The van der Waals surface area contributed by atoms with Crippen molar-refractivity contribution in [2.45, 2.75) is 38.5 Å². The third-order valence-corrected chi connectivity index (χ3v) is 7.27. The molecule has 1 fully saturated rings. The van der Waals surface area contributed by atoms with Gasteiger partial charge in [-0.05, 0) is 33.6 Å². The minimum absolute atomic E-state index is 0.169. The van der Waals surface area contributed by atoms with Crippen LogP contribution in [0.4, 0.5) is 5.13 Å². The average Bonchev–Trinajstić information content (AvgIpc) is 3.13. The number of nitrogens with zero attached hydrogens (tertiary/aromatic N) is 3. The van der Waals surface area contributed by atoms with E-state index < -0.39 is 10.0 Å². The first-order valence-corrected chi connectivity index (χ1v) is 10.4. The van der Waals surface area contributed by atoms with Crippen LogP contribution in [0.25, 0.3) is 0 Å². The summed E-state index contributed by atoms with van der Waals surface area (Å²) in [7, 11) is -3.67. The van der Waals surface area contributed by atoms with Gasteiger partial charge in [0.05, 0.1) is 23.0 Å². The minimum atomic E-state index is -3.67. The third-order valence-electron chi connectivity index (χ3n) is 4.26. The predicted octanol–water partition coefficient (Wildman–Crippen LogP) is 1.83. The number of anilines is 1. The zero-order chi connectivity index (χ0) is 18.2. The number of carbonyl (C=O) groups excluding carboxylic acids is 1. The van der Waals surface area contributed by atoms with Crippen LogP contribution in [0, 0.1) is 26.7 Å². The van der Waals surface area contributed by atoms with Gasteiger partial charge in [0.25, 0.3) is 0 Å². The van der Waals surface area contributed by atoms with Gasteiger partial charge in [-0.25, -0.2) is 13.4 Å². The first-order valence-electron chi connectivity index (χ1n) is 8.03. The molecular weight excluding hydrogens is 362 g/mol. The number of carbonyl (C=O) groups is 1. The summed E-state index contributed by atoms with van der Waals surface area (Å²) in [5.74, 6) is -0.574. The van der Waals surface area contributed by atoms with E-state index >= 15 is 0 Å².